The van der Waals surface area contributed by atoms with Crippen LogP contribution in [0.2, 0.25) is 0 Å². The molecule has 0 aliphatic rings. The highest BCUT2D eigenvalue weighted by atomic mass is 32.2. The zero-order valence-electron chi connectivity index (χ0n) is 12.6. The van der Waals surface area contributed by atoms with Gasteiger partial charge >= 0.3 is 0 Å². The van der Waals surface area contributed by atoms with E-state index in [1.165, 1.54) is 6.07 Å². The molecule has 2 aromatic carbocycles. The Labute approximate surface area is 138 Å². The third-order valence-electron chi connectivity index (χ3n) is 3.14. The topological polar surface area (TPSA) is 154 Å². The number of primary sulfonamides is 1. The van der Waals surface area contributed by atoms with Gasteiger partial charge in [0.1, 0.15) is 5.69 Å². The molecule has 2 aromatic rings. The lowest BCUT2D eigenvalue weighted by Gasteiger charge is -2.06. The minimum atomic E-state index is -4.04. The van der Waals surface area contributed by atoms with E-state index >= 15 is 0 Å². The van der Waals surface area contributed by atoms with Crippen molar-refractivity contribution in [1.82, 2.24) is 0 Å². The third-order valence-corrected chi connectivity index (χ3v) is 4.05. The minimum absolute atomic E-state index is 0.0376. The van der Waals surface area contributed by atoms with E-state index in [0.717, 1.165) is 17.7 Å². The SMILES string of the molecule is C/C(=N\Nc1ccc(S(N)(=O)=O)cc1[N+](=O)[O-])c1cccc(N)c1. The van der Waals surface area contributed by atoms with Crippen molar-refractivity contribution in [2.45, 2.75) is 11.8 Å². The van der Waals surface area contributed by atoms with Crippen LogP contribution < -0.4 is 16.3 Å². The Morgan fingerprint density at radius 3 is 2.54 bits per heavy atom. The van der Waals surface area contributed by atoms with Gasteiger partial charge in [-0.25, -0.2) is 13.6 Å². The second kappa shape index (κ2) is 6.64. The number of nitro benzene ring substituents is 1. The maximum Gasteiger partial charge on any atom is 0.295 e. The number of anilines is 2. The smallest absolute Gasteiger partial charge is 0.295 e. The normalized spacial score (nSPS) is 12.0. The molecule has 0 aliphatic heterocycles. The van der Waals surface area contributed by atoms with Gasteiger partial charge in [0.15, 0.2) is 0 Å². The second-order valence-electron chi connectivity index (χ2n) is 4.92. The van der Waals surface area contributed by atoms with Crippen molar-refractivity contribution in [2.24, 2.45) is 10.2 Å². The molecule has 10 heteroatoms. The highest BCUT2D eigenvalue weighted by Crippen LogP contribution is 2.27. The zero-order valence-corrected chi connectivity index (χ0v) is 13.4. The zero-order chi connectivity index (χ0) is 17.9. The molecule has 0 fully saturated rings. The number of nitro groups is 1. The van der Waals surface area contributed by atoms with Crippen molar-refractivity contribution in [3.63, 3.8) is 0 Å². The molecule has 0 saturated carbocycles. The van der Waals surface area contributed by atoms with Crippen LogP contribution in [0.5, 0.6) is 0 Å². The van der Waals surface area contributed by atoms with Crippen molar-refractivity contribution in [1.29, 1.82) is 0 Å². The van der Waals surface area contributed by atoms with Crippen LogP contribution in [0.1, 0.15) is 12.5 Å². The van der Waals surface area contributed by atoms with Crippen LogP contribution >= 0.6 is 0 Å². The van der Waals surface area contributed by atoms with Crippen molar-refractivity contribution < 1.29 is 13.3 Å². The number of hydrogen-bond donors (Lipinski definition) is 3. The lowest BCUT2D eigenvalue weighted by molar-refractivity contribution is -0.384. The number of nitrogens with one attached hydrogen (secondary N) is 1. The van der Waals surface area contributed by atoms with Gasteiger partial charge < -0.3 is 5.73 Å². The summed E-state index contributed by atoms with van der Waals surface area (Å²) in [5, 5.41) is 20.2. The van der Waals surface area contributed by atoms with Gasteiger partial charge in [0.25, 0.3) is 5.69 Å². The quantitative estimate of drug-likeness (QED) is 0.323. The summed E-state index contributed by atoms with van der Waals surface area (Å²) in [5.41, 5.74) is 9.69. The van der Waals surface area contributed by atoms with E-state index in [0.29, 0.717) is 11.4 Å². The van der Waals surface area contributed by atoms with E-state index in [1.54, 1.807) is 31.2 Å². The van der Waals surface area contributed by atoms with Crippen LogP contribution in [-0.4, -0.2) is 19.1 Å². The molecule has 5 N–H and O–H groups in total. The molecule has 9 nitrogen and oxygen atoms in total. The fourth-order valence-corrected chi connectivity index (χ4v) is 2.44. The Morgan fingerprint density at radius 1 is 1.25 bits per heavy atom. The van der Waals surface area contributed by atoms with E-state index in [4.69, 9.17) is 10.9 Å². The highest BCUT2D eigenvalue weighted by Gasteiger charge is 2.19. The number of nitrogens with two attached hydrogens (primary N) is 2. The number of hydrogen-bond acceptors (Lipinski definition) is 7. The first-order valence-electron chi connectivity index (χ1n) is 6.66. The van der Waals surface area contributed by atoms with Gasteiger partial charge in [-0.1, -0.05) is 12.1 Å². The molecule has 0 heterocycles. The predicted molar refractivity (Wildman–Crippen MR) is 91.2 cm³/mol. The number of nitrogen functional groups attached to an aromatic ring is 1. The molecule has 0 aromatic heterocycles. The van der Waals surface area contributed by atoms with Crippen LogP contribution in [0.3, 0.4) is 0 Å². The standard InChI is InChI=1S/C14H15N5O4S/c1-9(10-3-2-4-11(15)7-10)17-18-13-6-5-12(24(16,22)23)8-14(13)19(20)21/h2-8,18H,15H2,1H3,(H2,16,22,23)/b17-9+. The van der Waals surface area contributed by atoms with E-state index in [2.05, 4.69) is 10.5 Å². The average Bonchev–Trinajstić information content (AvgIpc) is 2.51. The summed E-state index contributed by atoms with van der Waals surface area (Å²) < 4.78 is 22.6. The van der Waals surface area contributed by atoms with Gasteiger partial charge in [0, 0.05) is 11.8 Å². The molecule has 126 valence electrons. The fourth-order valence-electron chi connectivity index (χ4n) is 1.91. The molecular formula is C14H15N5O4S. The lowest BCUT2D eigenvalue weighted by Crippen LogP contribution is -2.12. The molecule has 0 radical (unpaired) electrons. The Morgan fingerprint density at radius 2 is 1.96 bits per heavy atom. The first kappa shape index (κ1) is 17.4. The number of hydrazone groups is 1. The Balaban J connectivity index is 2.36. The van der Waals surface area contributed by atoms with Crippen molar-refractivity contribution in [3.05, 3.63) is 58.1 Å². The average molecular weight is 349 g/mol. The van der Waals surface area contributed by atoms with Crippen LogP contribution in [0.4, 0.5) is 17.1 Å². The largest absolute Gasteiger partial charge is 0.399 e. The highest BCUT2D eigenvalue weighted by molar-refractivity contribution is 7.89. The van der Waals surface area contributed by atoms with E-state index in [-0.39, 0.29) is 10.6 Å². The number of benzene rings is 2. The summed E-state index contributed by atoms with van der Waals surface area (Å²) in [5.74, 6) is 0. The molecule has 0 bridgehead atoms. The third kappa shape index (κ3) is 4.06. The maximum absolute atomic E-state index is 11.3. The molecule has 0 amide bonds. The Hall–Kier alpha value is -2.98. The minimum Gasteiger partial charge on any atom is -0.399 e. The van der Waals surface area contributed by atoms with Crippen LogP contribution in [0.25, 0.3) is 0 Å². The van der Waals surface area contributed by atoms with Gasteiger partial charge in [0.05, 0.1) is 15.5 Å². The monoisotopic (exact) mass is 349 g/mol. The van der Waals surface area contributed by atoms with Crippen molar-refractivity contribution in [3.8, 4) is 0 Å². The van der Waals surface area contributed by atoms with Gasteiger partial charge in [0.2, 0.25) is 10.0 Å². The van der Waals surface area contributed by atoms with E-state index in [9.17, 15) is 18.5 Å². The molecule has 0 atom stereocenters. The Kier molecular flexibility index (Phi) is 4.81. The maximum atomic E-state index is 11.3. The number of nitrogens with zero attached hydrogens (tertiary/aromatic N) is 2. The summed E-state index contributed by atoms with van der Waals surface area (Å²) in [6.07, 6.45) is 0. The summed E-state index contributed by atoms with van der Waals surface area (Å²) in [6, 6.07) is 10.2. The van der Waals surface area contributed by atoms with Gasteiger partial charge in [-0.3, -0.25) is 15.5 Å². The van der Waals surface area contributed by atoms with E-state index < -0.39 is 20.6 Å². The van der Waals surface area contributed by atoms with Gasteiger partial charge in [-0.15, -0.1) is 0 Å². The number of sulfonamides is 1. The molecule has 0 aliphatic carbocycles. The van der Waals surface area contributed by atoms with Crippen molar-refractivity contribution in [2.75, 3.05) is 11.2 Å². The van der Waals surface area contributed by atoms with Gasteiger partial charge in [-0.05, 0) is 36.8 Å². The Bertz CT molecular complexity index is 925. The molecule has 2 rings (SSSR count). The summed E-state index contributed by atoms with van der Waals surface area (Å²) in [7, 11) is -4.04. The van der Waals surface area contributed by atoms with Crippen LogP contribution in [-0.2, 0) is 10.0 Å². The summed E-state index contributed by atoms with van der Waals surface area (Å²) in [4.78, 5) is 10.1. The van der Waals surface area contributed by atoms with E-state index in [1.807, 2.05) is 0 Å². The molecule has 24 heavy (non-hydrogen) atoms. The fraction of sp³-hybridized carbons (Fsp3) is 0.0714. The van der Waals surface area contributed by atoms with Gasteiger partial charge in [-0.2, -0.15) is 5.10 Å². The number of rotatable bonds is 5. The first-order valence-corrected chi connectivity index (χ1v) is 8.20. The lowest BCUT2D eigenvalue weighted by atomic mass is 10.1. The molecular weight excluding hydrogens is 334 g/mol. The van der Waals surface area contributed by atoms with Crippen LogP contribution in [0, 0.1) is 10.1 Å². The predicted octanol–water partition coefficient (Wildman–Crippen LogP) is 1.66. The summed E-state index contributed by atoms with van der Waals surface area (Å²) in [6.45, 7) is 1.70. The first-order chi connectivity index (χ1) is 11.2. The molecule has 0 unspecified atom stereocenters. The van der Waals surface area contributed by atoms with Crippen LogP contribution in [0.15, 0.2) is 52.5 Å². The summed E-state index contributed by atoms with van der Waals surface area (Å²) >= 11 is 0. The molecule has 0 saturated heterocycles. The second-order valence-corrected chi connectivity index (χ2v) is 6.48. The molecule has 0 spiro atoms. The van der Waals surface area contributed by atoms with Crippen molar-refractivity contribution >= 4 is 32.8 Å².